The predicted molar refractivity (Wildman–Crippen MR) is 82.9 cm³/mol. The molecule has 1 saturated heterocycles. The van der Waals surface area contributed by atoms with E-state index in [1.165, 1.54) is 38.8 Å². The van der Waals surface area contributed by atoms with Crippen LogP contribution in [0.2, 0.25) is 0 Å². The van der Waals surface area contributed by atoms with E-state index in [0.29, 0.717) is 0 Å². The maximum atomic E-state index is 4.54. The molecule has 0 atom stereocenters. The van der Waals surface area contributed by atoms with Crippen molar-refractivity contribution >= 4 is 16.9 Å². The molecular formula is C16H22N4. The average Bonchev–Trinajstić information content (AvgIpc) is 2.76. The summed E-state index contributed by atoms with van der Waals surface area (Å²) >= 11 is 0. The summed E-state index contributed by atoms with van der Waals surface area (Å²) in [4.78, 5) is 11.4. The number of nitrogens with one attached hydrogen (secondary N) is 1. The van der Waals surface area contributed by atoms with Crippen molar-refractivity contribution < 1.29 is 0 Å². The van der Waals surface area contributed by atoms with Gasteiger partial charge in [-0.05, 0) is 32.0 Å². The quantitative estimate of drug-likeness (QED) is 0.927. The minimum absolute atomic E-state index is 0.735. The average molecular weight is 270 g/mol. The molecular weight excluding hydrogens is 248 g/mol. The van der Waals surface area contributed by atoms with Gasteiger partial charge in [-0.15, -0.1) is 0 Å². The Bertz CT molecular complexity index is 547. The van der Waals surface area contributed by atoms with Crippen molar-refractivity contribution in [2.75, 3.05) is 31.5 Å². The van der Waals surface area contributed by atoms with E-state index in [1.807, 2.05) is 30.5 Å². The zero-order valence-electron chi connectivity index (χ0n) is 11.9. The van der Waals surface area contributed by atoms with Crippen LogP contribution in [0.15, 0.2) is 30.5 Å². The van der Waals surface area contributed by atoms with Gasteiger partial charge in [0.15, 0.2) is 0 Å². The Hall–Kier alpha value is -1.68. The van der Waals surface area contributed by atoms with Crippen LogP contribution >= 0.6 is 0 Å². The zero-order chi connectivity index (χ0) is 13.6. The molecule has 1 N–H and O–H groups in total. The summed E-state index contributed by atoms with van der Waals surface area (Å²) in [6.45, 7) is 4.47. The van der Waals surface area contributed by atoms with Crippen LogP contribution in [0, 0.1) is 0 Å². The molecule has 4 heteroatoms. The van der Waals surface area contributed by atoms with Crippen LogP contribution in [0.25, 0.3) is 10.9 Å². The first-order chi connectivity index (χ1) is 9.92. The molecule has 2 heterocycles. The Morgan fingerprint density at radius 3 is 2.70 bits per heavy atom. The van der Waals surface area contributed by atoms with Gasteiger partial charge in [0.1, 0.15) is 0 Å². The van der Waals surface area contributed by atoms with Gasteiger partial charge in [0.05, 0.1) is 5.52 Å². The van der Waals surface area contributed by atoms with Crippen molar-refractivity contribution in [3.63, 3.8) is 0 Å². The molecule has 0 radical (unpaired) electrons. The summed E-state index contributed by atoms with van der Waals surface area (Å²) in [6, 6.07) is 8.09. The van der Waals surface area contributed by atoms with Crippen molar-refractivity contribution in [1.82, 2.24) is 14.9 Å². The highest BCUT2D eigenvalue weighted by molar-refractivity contribution is 5.78. The lowest BCUT2D eigenvalue weighted by atomic mass is 10.2. The molecule has 4 nitrogen and oxygen atoms in total. The van der Waals surface area contributed by atoms with Crippen LogP contribution in [0.4, 0.5) is 5.95 Å². The Labute approximate surface area is 120 Å². The Morgan fingerprint density at radius 1 is 1.05 bits per heavy atom. The van der Waals surface area contributed by atoms with Crippen LogP contribution in [-0.2, 0) is 0 Å². The van der Waals surface area contributed by atoms with E-state index in [1.54, 1.807) is 0 Å². The van der Waals surface area contributed by atoms with Crippen LogP contribution in [-0.4, -0.2) is 41.0 Å². The minimum atomic E-state index is 0.735. The lowest BCUT2D eigenvalue weighted by molar-refractivity contribution is 0.296. The van der Waals surface area contributed by atoms with E-state index in [0.717, 1.165) is 29.9 Å². The monoisotopic (exact) mass is 270 g/mol. The maximum absolute atomic E-state index is 4.54. The fourth-order valence-electron chi connectivity index (χ4n) is 2.74. The molecule has 0 unspecified atom stereocenters. The maximum Gasteiger partial charge on any atom is 0.223 e. The van der Waals surface area contributed by atoms with Crippen LogP contribution in [0.5, 0.6) is 0 Å². The molecule has 1 fully saturated rings. The third-order valence-electron chi connectivity index (χ3n) is 3.90. The lowest BCUT2D eigenvalue weighted by Crippen LogP contribution is -2.30. The number of benzene rings is 1. The fraction of sp³-hybridized carbons (Fsp3) is 0.500. The summed E-state index contributed by atoms with van der Waals surface area (Å²) in [7, 11) is 0. The molecule has 0 bridgehead atoms. The normalized spacial score (nSPS) is 17.0. The van der Waals surface area contributed by atoms with Crippen molar-refractivity contribution in [2.45, 2.75) is 25.7 Å². The number of hydrogen-bond acceptors (Lipinski definition) is 4. The van der Waals surface area contributed by atoms with Crippen LogP contribution in [0.3, 0.4) is 0 Å². The van der Waals surface area contributed by atoms with E-state index in [-0.39, 0.29) is 0 Å². The number of likely N-dealkylation sites (tertiary alicyclic amines) is 1. The van der Waals surface area contributed by atoms with Crippen LogP contribution in [0.1, 0.15) is 25.7 Å². The second-order valence-electron chi connectivity index (χ2n) is 5.44. The summed E-state index contributed by atoms with van der Waals surface area (Å²) in [5, 5.41) is 4.43. The van der Waals surface area contributed by atoms with Crippen molar-refractivity contribution in [2.24, 2.45) is 0 Å². The molecule has 1 aliphatic rings. The Morgan fingerprint density at radius 2 is 1.85 bits per heavy atom. The number of aromatic nitrogens is 2. The summed E-state index contributed by atoms with van der Waals surface area (Å²) < 4.78 is 0. The van der Waals surface area contributed by atoms with Gasteiger partial charge in [-0.2, -0.15) is 0 Å². The molecule has 0 saturated carbocycles. The summed E-state index contributed by atoms with van der Waals surface area (Å²) in [5.74, 6) is 0.735. The summed E-state index contributed by atoms with van der Waals surface area (Å²) in [6.07, 6.45) is 7.34. The largest absolute Gasteiger partial charge is 0.353 e. The molecule has 20 heavy (non-hydrogen) atoms. The third-order valence-corrected chi connectivity index (χ3v) is 3.90. The molecule has 1 aromatic carbocycles. The highest BCUT2D eigenvalue weighted by Gasteiger charge is 2.08. The molecule has 0 aliphatic carbocycles. The molecule has 106 valence electrons. The van der Waals surface area contributed by atoms with Gasteiger partial charge in [0.2, 0.25) is 5.95 Å². The first-order valence-electron chi connectivity index (χ1n) is 7.60. The fourth-order valence-corrected chi connectivity index (χ4v) is 2.74. The van der Waals surface area contributed by atoms with E-state index >= 15 is 0 Å². The number of rotatable bonds is 4. The first kappa shape index (κ1) is 13.3. The standard InChI is InChI=1S/C16H22N4/c1-2-6-11-20(10-5-1)12-9-17-16-18-13-14-7-3-4-8-15(14)19-16/h3-4,7-8,13H,1-2,5-6,9-12H2,(H,17,18,19). The lowest BCUT2D eigenvalue weighted by Gasteiger charge is -2.19. The highest BCUT2D eigenvalue weighted by atomic mass is 15.2. The molecule has 2 aromatic rings. The number of hydrogen-bond donors (Lipinski definition) is 1. The number of nitrogens with zero attached hydrogens (tertiary/aromatic N) is 3. The Kier molecular flexibility index (Phi) is 4.43. The first-order valence-corrected chi connectivity index (χ1v) is 7.60. The molecule has 0 spiro atoms. The topological polar surface area (TPSA) is 41.1 Å². The number of fused-ring (bicyclic) bond motifs is 1. The minimum Gasteiger partial charge on any atom is -0.353 e. The van der Waals surface area contributed by atoms with Gasteiger partial charge < -0.3 is 10.2 Å². The van der Waals surface area contributed by atoms with Gasteiger partial charge >= 0.3 is 0 Å². The molecule has 1 aliphatic heterocycles. The van der Waals surface area contributed by atoms with Crippen LogP contribution < -0.4 is 5.32 Å². The third kappa shape index (κ3) is 3.45. The van der Waals surface area contributed by atoms with E-state index in [4.69, 9.17) is 0 Å². The van der Waals surface area contributed by atoms with Crippen molar-refractivity contribution in [3.05, 3.63) is 30.5 Å². The second-order valence-corrected chi connectivity index (χ2v) is 5.44. The SMILES string of the molecule is c1ccc2nc(NCCN3CCCCCC3)ncc2c1. The number of para-hydroxylation sites is 1. The Balaban J connectivity index is 1.54. The van der Waals surface area contributed by atoms with Crippen molar-refractivity contribution in [1.29, 1.82) is 0 Å². The van der Waals surface area contributed by atoms with Crippen molar-refractivity contribution in [3.8, 4) is 0 Å². The zero-order valence-corrected chi connectivity index (χ0v) is 11.9. The molecule has 3 rings (SSSR count). The highest BCUT2D eigenvalue weighted by Crippen LogP contribution is 2.12. The molecule has 1 aromatic heterocycles. The van der Waals surface area contributed by atoms with E-state index in [2.05, 4.69) is 20.2 Å². The van der Waals surface area contributed by atoms with Gasteiger partial charge in [-0.3, -0.25) is 0 Å². The summed E-state index contributed by atoms with van der Waals surface area (Å²) in [5.41, 5.74) is 1.000. The van der Waals surface area contributed by atoms with Gasteiger partial charge in [0.25, 0.3) is 0 Å². The molecule has 0 amide bonds. The smallest absolute Gasteiger partial charge is 0.223 e. The van der Waals surface area contributed by atoms with E-state index < -0.39 is 0 Å². The van der Waals surface area contributed by atoms with Gasteiger partial charge in [-0.1, -0.05) is 31.0 Å². The number of anilines is 1. The van der Waals surface area contributed by atoms with Gasteiger partial charge in [-0.25, -0.2) is 9.97 Å². The second kappa shape index (κ2) is 6.66. The predicted octanol–water partition coefficient (Wildman–Crippen LogP) is 2.92. The van der Waals surface area contributed by atoms with E-state index in [9.17, 15) is 0 Å². The van der Waals surface area contributed by atoms with Gasteiger partial charge in [0, 0.05) is 24.7 Å².